The maximum atomic E-state index is 12.4. The third-order valence-corrected chi connectivity index (χ3v) is 3.90. The molecule has 116 valence electrons. The molecule has 3 rings (SSSR count). The van der Waals surface area contributed by atoms with Gasteiger partial charge < -0.3 is 15.2 Å². The molecule has 0 radical (unpaired) electrons. The van der Waals surface area contributed by atoms with Crippen LogP contribution in [0.1, 0.15) is 6.92 Å². The highest BCUT2D eigenvalue weighted by Crippen LogP contribution is 2.04. The Hall–Kier alpha value is -2.41. The van der Waals surface area contributed by atoms with E-state index >= 15 is 0 Å². The van der Waals surface area contributed by atoms with Crippen molar-refractivity contribution in [3.05, 3.63) is 45.1 Å². The number of rotatable bonds is 2. The van der Waals surface area contributed by atoms with Crippen molar-refractivity contribution in [1.29, 1.82) is 0 Å². The minimum absolute atomic E-state index is 0.212. The Bertz CT molecular complexity index is 823. The Morgan fingerprint density at radius 3 is 2.86 bits per heavy atom. The highest BCUT2D eigenvalue weighted by molar-refractivity contribution is 5.79. The molecule has 1 aromatic heterocycles. The van der Waals surface area contributed by atoms with Crippen molar-refractivity contribution in [2.24, 2.45) is 0 Å². The van der Waals surface area contributed by atoms with Crippen LogP contribution in [-0.4, -0.2) is 46.0 Å². The summed E-state index contributed by atoms with van der Waals surface area (Å²) in [7, 11) is 0. The van der Waals surface area contributed by atoms with Gasteiger partial charge in [-0.3, -0.25) is 14.2 Å². The highest BCUT2D eigenvalue weighted by atomic mass is 16.2. The average Bonchev–Trinajstić information content (AvgIpc) is 2.51. The number of hydrogen-bond acceptors (Lipinski definition) is 4. The topological polar surface area (TPSA) is 87.2 Å². The third-order valence-electron chi connectivity index (χ3n) is 3.90. The van der Waals surface area contributed by atoms with Crippen LogP contribution >= 0.6 is 0 Å². The summed E-state index contributed by atoms with van der Waals surface area (Å²) in [6.45, 7) is 3.65. The molecule has 0 spiro atoms. The van der Waals surface area contributed by atoms with Gasteiger partial charge in [-0.05, 0) is 19.1 Å². The van der Waals surface area contributed by atoms with Crippen LogP contribution in [0.5, 0.6) is 0 Å². The lowest BCUT2D eigenvalue weighted by molar-refractivity contribution is -0.133. The number of piperazine rings is 1. The van der Waals surface area contributed by atoms with Crippen molar-refractivity contribution < 1.29 is 4.79 Å². The van der Waals surface area contributed by atoms with Gasteiger partial charge in [0.15, 0.2) is 0 Å². The van der Waals surface area contributed by atoms with Crippen LogP contribution < -0.4 is 16.6 Å². The van der Waals surface area contributed by atoms with Crippen LogP contribution in [0.25, 0.3) is 10.9 Å². The van der Waals surface area contributed by atoms with Gasteiger partial charge in [-0.25, -0.2) is 4.79 Å². The Kier molecular flexibility index (Phi) is 3.81. The van der Waals surface area contributed by atoms with Gasteiger partial charge in [-0.2, -0.15) is 0 Å². The van der Waals surface area contributed by atoms with E-state index in [9.17, 15) is 14.4 Å². The van der Waals surface area contributed by atoms with Crippen molar-refractivity contribution in [3.8, 4) is 0 Å². The number of carbonyl (C=O) groups excluding carboxylic acids is 1. The SMILES string of the molecule is CC1CN(C(=O)Cn2c(=O)[nH]c3ccccc3c2=O)CCN1. The van der Waals surface area contributed by atoms with E-state index in [1.54, 1.807) is 29.2 Å². The zero-order chi connectivity index (χ0) is 15.7. The quantitative estimate of drug-likeness (QED) is 0.784. The van der Waals surface area contributed by atoms with E-state index in [1.165, 1.54) is 0 Å². The van der Waals surface area contributed by atoms with Gasteiger partial charge in [-0.1, -0.05) is 12.1 Å². The molecular weight excluding hydrogens is 284 g/mol. The second-order valence-corrected chi connectivity index (χ2v) is 5.56. The number of aromatic amines is 1. The summed E-state index contributed by atoms with van der Waals surface area (Å²) in [4.78, 5) is 41.1. The fourth-order valence-corrected chi connectivity index (χ4v) is 2.74. The normalized spacial score (nSPS) is 18.6. The number of carbonyl (C=O) groups is 1. The molecule has 1 atom stereocenters. The molecule has 1 aromatic carbocycles. The zero-order valence-electron chi connectivity index (χ0n) is 12.3. The Morgan fingerprint density at radius 1 is 1.32 bits per heavy atom. The highest BCUT2D eigenvalue weighted by Gasteiger charge is 2.21. The van der Waals surface area contributed by atoms with E-state index in [0.717, 1.165) is 11.1 Å². The van der Waals surface area contributed by atoms with E-state index in [1.807, 2.05) is 6.92 Å². The minimum atomic E-state index is -0.555. The predicted octanol–water partition coefficient (Wildman–Crippen LogP) is -0.490. The molecule has 1 fully saturated rings. The molecule has 2 aromatic rings. The number of nitrogens with one attached hydrogen (secondary N) is 2. The summed E-state index contributed by atoms with van der Waals surface area (Å²) in [6, 6.07) is 7.00. The van der Waals surface area contributed by atoms with Crippen molar-refractivity contribution >= 4 is 16.8 Å². The van der Waals surface area contributed by atoms with Gasteiger partial charge in [0, 0.05) is 25.7 Å². The minimum Gasteiger partial charge on any atom is -0.338 e. The molecule has 7 nitrogen and oxygen atoms in total. The molecule has 0 bridgehead atoms. The summed E-state index contributed by atoms with van der Waals surface area (Å²) in [5.41, 5.74) is -0.506. The second-order valence-electron chi connectivity index (χ2n) is 5.56. The molecule has 22 heavy (non-hydrogen) atoms. The van der Waals surface area contributed by atoms with Crippen LogP contribution in [0, 0.1) is 0 Å². The first-order chi connectivity index (χ1) is 10.6. The average molecular weight is 302 g/mol. The van der Waals surface area contributed by atoms with Crippen LogP contribution in [0.3, 0.4) is 0 Å². The number of nitrogens with zero attached hydrogens (tertiary/aromatic N) is 2. The molecule has 1 unspecified atom stereocenters. The number of para-hydroxylation sites is 1. The fourth-order valence-electron chi connectivity index (χ4n) is 2.74. The zero-order valence-corrected chi connectivity index (χ0v) is 12.3. The lowest BCUT2D eigenvalue weighted by Gasteiger charge is -2.31. The second kappa shape index (κ2) is 5.76. The number of benzene rings is 1. The number of H-pyrrole nitrogens is 1. The summed E-state index contributed by atoms with van der Waals surface area (Å²) >= 11 is 0. The molecule has 7 heteroatoms. The Morgan fingerprint density at radius 2 is 2.09 bits per heavy atom. The van der Waals surface area contributed by atoms with Crippen LogP contribution in [0.2, 0.25) is 0 Å². The van der Waals surface area contributed by atoms with Gasteiger partial charge >= 0.3 is 5.69 Å². The van der Waals surface area contributed by atoms with E-state index in [-0.39, 0.29) is 18.5 Å². The Labute approximate surface area is 126 Å². The van der Waals surface area contributed by atoms with Gasteiger partial charge in [0.2, 0.25) is 5.91 Å². The molecule has 1 amide bonds. The monoisotopic (exact) mass is 302 g/mol. The fraction of sp³-hybridized carbons (Fsp3) is 0.400. The molecule has 2 N–H and O–H groups in total. The van der Waals surface area contributed by atoms with Gasteiger partial charge in [0.05, 0.1) is 10.9 Å². The molecule has 1 aliphatic rings. The number of fused-ring (bicyclic) bond motifs is 1. The van der Waals surface area contributed by atoms with Crippen LogP contribution in [-0.2, 0) is 11.3 Å². The molecular formula is C15H18N4O3. The number of amides is 1. The number of hydrogen-bond donors (Lipinski definition) is 2. The Balaban J connectivity index is 1.92. The van der Waals surface area contributed by atoms with Crippen LogP contribution in [0.15, 0.2) is 33.9 Å². The van der Waals surface area contributed by atoms with Crippen molar-refractivity contribution in [2.45, 2.75) is 19.5 Å². The van der Waals surface area contributed by atoms with E-state index in [0.29, 0.717) is 24.0 Å². The molecule has 0 saturated carbocycles. The lowest BCUT2D eigenvalue weighted by Crippen LogP contribution is -2.53. The first kappa shape index (κ1) is 14.5. The van der Waals surface area contributed by atoms with E-state index in [4.69, 9.17) is 0 Å². The summed E-state index contributed by atoms with van der Waals surface area (Å²) in [5, 5.41) is 3.65. The summed E-state index contributed by atoms with van der Waals surface area (Å²) in [6.07, 6.45) is 0. The van der Waals surface area contributed by atoms with E-state index < -0.39 is 11.2 Å². The largest absolute Gasteiger partial charge is 0.338 e. The first-order valence-corrected chi connectivity index (χ1v) is 7.29. The molecule has 0 aliphatic carbocycles. The van der Waals surface area contributed by atoms with Gasteiger partial charge in [-0.15, -0.1) is 0 Å². The number of aromatic nitrogens is 2. The maximum Gasteiger partial charge on any atom is 0.329 e. The smallest absolute Gasteiger partial charge is 0.329 e. The third kappa shape index (κ3) is 2.67. The van der Waals surface area contributed by atoms with Gasteiger partial charge in [0.1, 0.15) is 6.54 Å². The summed E-state index contributed by atoms with van der Waals surface area (Å²) in [5.74, 6) is -0.212. The predicted molar refractivity (Wildman–Crippen MR) is 82.9 cm³/mol. The standard InChI is InChI=1S/C15H18N4O3/c1-10-8-18(7-6-16-10)13(20)9-19-14(21)11-4-2-3-5-12(11)17-15(19)22/h2-5,10,16H,6-9H2,1H3,(H,17,22). The van der Waals surface area contributed by atoms with Crippen molar-refractivity contribution in [3.63, 3.8) is 0 Å². The van der Waals surface area contributed by atoms with E-state index in [2.05, 4.69) is 10.3 Å². The first-order valence-electron chi connectivity index (χ1n) is 7.29. The van der Waals surface area contributed by atoms with Gasteiger partial charge in [0.25, 0.3) is 5.56 Å². The molecule has 2 heterocycles. The van der Waals surface area contributed by atoms with Crippen LogP contribution in [0.4, 0.5) is 0 Å². The van der Waals surface area contributed by atoms with Crippen molar-refractivity contribution in [2.75, 3.05) is 19.6 Å². The van der Waals surface area contributed by atoms with Crippen molar-refractivity contribution in [1.82, 2.24) is 19.8 Å². The molecule has 1 aliphatic heterocycles. The lowest BCUT2D eigenvalue weighted by atomic mass is 10.2. The maximum absolute atomic E-state index is 12.4. The summed E-state index contributed by atoms with van der Waals surface area (Å²) < 4.78 is 0.970. The molecule has 1 saturated heterocycles.